The van der Waals surface area contributed by atoms with E-state index in [2.05, 4.69) is 211 Å². The summed E-state index contributed by atoms with van der Waals surface area (Å²) in [4.78, 5) is 2.34. The maximum atomic E-state index is 7.20. The Kier molecular flexibility index (Phi) is 6.93. The van der Waals surface area contributed by atoms with E-state index < -0.39 is 5.41 Å². The molecule has 0 atom stereocenters. The molecule has 2 aliphatic carbocycles. The minimum atomic E-state index is -0.463. The highest BCUT2D eigenvalue weighted by Crippen LogP contribution is 2.66. The molecular weight excluding hydrogens is 731 g/mol. The van der Waals surface area contributed by atoms with E-state index in [0.717, 1.165) is 51.0 Å². The van der Waals surface area contributed by atoms with Crippen LogP contribution in [0.4, 0.5) is 17.1 Å². The molecule has 0 bridgehead atoms. The van der Waals surface area contributed by atoms with Crippen molar-refractivity contribution in [2.75, 3.05) is 4.90 Å². The van der Waals surface area contributed by atoms with Gasteiger partial charge in [-0.15, -0.1) is 0 Å². The number of rotatable bonds is 4. The SMILES string of the molecule is c1ccc2c(c1)-c1ccccc1C21c2ccccc2-c2c1ccc1c2Oc2c(cccc2-c2ccc(N(c3ccc4ccccc4c3)c3ccc4ccccc4c3)cc2)O1. The average Bonchev–Trinajstić information content (AvgIpc) is 3.79. The quantitative estimate of drug-likeness (QED) is 0.178. The van der Waals surface area contributed by atoms with Gasteiger partial charge in [0.05, 0.1) is 5.41 Å². The van der Waals surface area contributed by atoms with Gasteiger partial charge in [0.15, 0.2) is 23.0 Å². The van der Waals surface area contributed by atoms with Crippen molar-refractivity contribution in [3.05, 3.63) is 235 Å². The Morgan fingerprint density at radius 2 is 0.817 bits per heavy atom. The normalized spacial score (nSPS) is 13.4. The van der Waals surface area contributed by atoms with Gasteiger partial charge in [0.1, 0.15) is 0 Å². The summed E-state index contributed by atoms with van der Waals surface area (Å²) in [6.45, 7) is 0. The van der Waals surface area contributed by atoms with Crippen LogP contribution in [0.25, 0.3) is 54.9 Å². The lowest BCUT2D eigenvalue weighted by atomic mass is 9.70. The molecule has 3 aliphatic rings. The Balaban J connectivity index is 0.932. The Morgan fingerprint density at radius 3 is 1.45 bits per heavy atom. The molecule has 1 spiro atoms. The van der Waals surface area contributed by atoms with Crippen LogP contribution in [0.3, 0.4) is 0 Å². The Hall–Kier alpha value is -7.88. The van der Waals surface area contributed by atoms with Gasteiger partial charge < -0.3 is 14.4 Å². The third-order valence-corrected chi connectivity index (χ3v) is 12.9. The second kappa shape index (κ2) is 12.6. The lowest BCUT2D eigenvalue weighted by molar-refractivity contribution is 0.361. The first-order valence-corrected chi connectivity index (χ1v) is 20.6. The summed E-state index contributed by atoms with van der Waals surface area (Å²) >= 11 is 0. The second-order valence-corrected chi connectivity index (χ2v) is 16.0. The summed E-state index contributed by atoms with van der Waals surface area (Å²) in [5, 5.41) is 4.84. The first-order valence-electron chi connectivity index (χ1n) is 20.6. The third kappa shape index (κ3) is 4.60. The molecule has 10 aromatic carbocycles. The van der Waals surface area contributed by atoms with Crippen molar-refractivity contribution in [3.63, 3.8) is 0 Å². The summed E-state index contributed by atoms with van der Waals surface area (Å²) in [5.41, 5.74) is 14.7. The minimum Gasteiger partial charge on any atom is -0.449 e. The van der Waals surface area contributed by atoms with Crippen LogP contribution in [0.5, 0.6) is 23.0 Å². The van der Waals surface area contributed by atoms with Crippen LogP contribution in [-0.2, 0) is 5.41 Å². The zero-order valence-electron chi connectivity index (χ0n) is 32.5. The van der Waals surface area contributed by atoms with Crippen molar-refractivity contribution in [1.82, 2.24) is 0 Å². The van der Waals surface area contributed by atoms with Crippen LogP contribution >= 0.6 is 0 Å². The summed E-state index contributed by atoms with van der Waals surface area (Å²) in [7, 11) is 0. The van der Waals surface area contributed by atoms with Crippen LogP contribution in [0.1, 0.15) is 22.3 Å². The van der Waals surface area contributed by atoms with Gasteiger partial charge in [-0.25, -0.2) is 0 Å². The van der Waals surface area contributed by atoms with E-state index in [9.17, 15) is 0 Å². The Bertz CT molecular complexity index is 3280. The van der Waals surface area contributed by atoms with Crippen LogP contribution in [0.15, 0.2) is 212 Å². The van der Waals surface area contributed by atoms with Gasteiger partial charge in [0.2, 0.25) is 0 Å². The zero-order valence-corrected chi connectivity index (χ0v) is 32.5. The number of hydrogen-bond donors (Lipinski definition) is 0. The second-order valence-electron chi connectivity index (χ2n) is 16.0. The van der Waals surface area contributed by atoms with Gasteiger partial charge in [-0.05, 0) is 115 Å². The monoisotopic (exact) mass is 765 g/mol. The van der Waals surface area contributed by atoms with Crippen molar-refractivity contribution in [2.24, 2.45) is 0 Å². The molecule has 3 heteroatoms. The van der Waals surface area contributed by atoms with E-state index in [1.54, 1.807) is 0 Å². The molecule has 0 amide bonds. The molecule has 0 saturated heterocycles. The van der Waals surface area contributed by atoms with Crippen molar-refractivity contribution in [2.45, 2.75) is 5.41 Å². The molecule has 280 valence electrons. The standard InChI is InChI=1S/C57H35NO2/c1-3-14-39-34-42(30-24-36(39)12-1)58(43-31-25-37-13-2-4-15-40(37)35-43)41-28-26-38(27-29-41)44-19-11-23-52-55(44)60-56-53(59-52)33-32-51-54(56)47-18-7-10-22-50(47)57(51)48-20-8-5-16-45(48)46-17-6-9-21-49(46)57/h1-35H. The first-order chi connectivity index (χ1) is 29.7. The molecule has 60 heavy (non-hydrogen) atoms. The highest BCUT2D eigenvalue weighted by Gasteiger charge is 2.53. The van der Waals surface area contributed by atoms with Crippen LogP contribution in [0.2, 0.25) is 0 Å². The van der Waals surface area contributed by atoms with E-state index >= 15 is 0 Å². The van der Waals surface area contributed by atoms with Crippen molar-refractivity contribution in [1.29, 1.82) is 0 Å². The molecule has 0 N–H and O–H groups in total. The van der Waals surface area contributed by atoms with Crippen molar-refractivity contribution >= 4 is 38.6 Å². The molecule has 0 aromatic heterocycles. The van der Waals surface area contributed by atoms with Gasteiger partial charge in [-0.1, -0.05) is 164 Å². The molecule has 1 heterocycles. The number of fused-ring (bicyclic) bond motifs is 15. The van der Waals surface area contributed by atoms with E-state index in [1.807, 2.05) is 6.07 Å². The van der Waals surface area contributed by atoms with E-state index in [1.165, 1.54) is 60.5 Å². The third-order valence-electron chi connectivity index (χ3n) is 12.9. The largest absolute Gasteiger partial charge is 0.449 e. The van der Waals surface area contributed by atoms with Crippen LogP contribution in [0, 0.1) is 0 Å². The van der Waals surface area contributed by atoms with Gasteiger partial charge in [-0.3, -0.25) is 0 Å². The maximum absolute atomic E-state index is 7.20. The predicted molar refractivity (Wildman–Crippen MR) is 244 cm³/mol. The first kappa shape index (κ1) is 33.1. The summed E-state index contributed by atoms with van der Waals surface area (Å²) in [6.07, 6.45) is 0. The summed E-state index contributed by atoms with van der Waals surface area (Å²) in [5.74, 6) is 2.91. The predicted octanol–water partition coefficient (Wildman–Crippen LogP) is 15.4. The molecular formula is C57H35NO2. The zero-order chi connectivity index (χ0) is 39.4. The van der Waals surface area contributed by atoms with Crippen LogP contribution in [-0.4, -0.2) is 0 Å². The van der Waals surface area contributed by atoms with E-state index in [4.69, 9.17) is 9.47 Å². The number of benzene rings is 10. The number of anilines is 3. The van der Waals surface area contributed by atoms with Gasteiger partial charge in [-0.2, -0.15) is 0 Å². The Morgan fingerprint density at radius 1 is 0.317 bits per heavy atom. The number of ether oxygens (including phenoxy) is 2. The molecule has 0 unspecified atom stereocenters. The highest BCUT2D eigenvalue weighted by molar-refractivity contribution is 5.98. The lowest BCUT2D eigenvalue weighted by Crippen LogP contribution is -2.25. The van der Waals surface area contributed by atoms with Crippen LogP contribution < -0.4 is 14.4 Å². The van der Waals surface area contributed by atoms with Gasteiger partial charge in [0.25, 0.3) is 0 Å². The molecule has 0 radical (unpaired) electrons. The lowest BCUT2D eigenvalue weighted by Gasteiger charge is -2.31. The smallest absolute Gasteiger partial charge is 0.178 e. The maximum Gasteiger partial charge on any atom is 0.178 e. The fourth-order valence-corrected chi connectivity index (χ4v) is 10.3. The minimum absolute atomic E-state index is 0.463. The summed E-state index contributed by atoms with van der Waals surface area (Å²) < 4.78 is 14.0. The molecule has 0 saturated carbocycles. The fraction of sp³-hybridized carbons (Fsp3) is 0.0175. The summed E-state index contributed by atoms with van der Waals surface area (Å²) in [6, 6.07) is 76.4. The number of nitrogens with zero attached hydrogens (tertiary/aromatic N) is 1. The van der Waals surface area contributed by atoms with Crippen molar-refractivity contribution in [3.8, 4) is 56.4 Å². The van der Waals surface area contributed by atoms with Gasteiger partial charge in [0, 0.05) is 28.2 Å². The van der Waals surface area contributed by atoms with E-state index in [-0.39, 0.29) is 0 Å². The van der Waals surface area contributed by atoms with Crippen molar-refractivity contribution < 1.29 is 9.47 Å². The molecule has 3 nitrogen and oxygen atoms in total. The highest BCUT2D eigenvalue weighted by atomic mass is 16.6. The fourth-order valence-electron chi connectivity index (χ4n) is 10.3. The molecule has 13 rings (SSSR count). The van der Waals surface area contributed by atoms with E-state index in [0.29, 0.717) is 5.75 Å². The number of hydrogen-bond acceptors (Lipinski definition) is 3. The number of para-hydroxylation sites is 1. The molecule has 0 fully saturated rings. The molecule has 10 aromatic rings. The molecule has 1 aliphatic heterocycles. The van der Waals surface area contributed by atoms with Gasteiger partial charge >= 0.3 is 0 Å². The average molecular weight is 766 g/mol. The topological polar surface area (TPSA) is 21.7 Å². The Labute approximate surface area is 348 Å².